The van der Waals surface area contributed by atoms with Crippen molar-refractivity contribution in [2.45, 2.75) is 48.6 Å². The van der Waals surface area contributed by atoms with Crippen LogP contribution in [0, 0.1) is 0 Å². The summed E-state index contributed by atoms with van der Waals surface area (Å²) < 4.78 is 121. The summed E-state index contributed by atoms with van der Waals surface area (Å²) in [6, 6.07) is -1.56. The maximum absolute atomic E-state index is 13.6. The van der Waals surface area contributed by atoms with Gasteiger partial charge in [0.1, 0.15) is 5.25 Å². The van der Waals surface area contributed by atoms with Gasteiger partial charge in [0.15, 0.2) is 0 Å². The van der Waals surface area contributed by atoms with Gasteiger partial charge < -0.3 is 10.6 Å². The van der Waals surface area contributed by atoms with Gasteiger partial charge in [-0.05, 0) is 20.5 Å². The molecule has 1 amide bonds. The number of primary amides is 1. The van der Waals surface area contributed by atoms with Crippen LogP contribution in [-0.2, 0) is 14.9 Å². The average Bonchev–Trinajstić information content (AvgIpc) is 2.32. The van der Waals surface area contributed by atoms with E-state index in [0.29, 0.717) is 0 Å². The van der Waals surface area contributed by atoms with E-state index in [0.717, 1.165) is 19.0 Å². The minimum absolute atomic E-state index is 0.797. The lowest BCUT2D eigenvalue weighted by atomic mass is 9.94. The molecule has 0 fully saturated rings. The Kier molecular flexibility index (Phi) is 7.26. The first-order valence-corrected chi connectivity index (χ1v) is 8.08. The number of hydrogen-bond acceptors (Lipinski definition) is 4. The van der Waals surface area contributed by atoms with Crippen molar-refractivity contribution in [2.24, 2.45) is 5.73 Å². The molecule has 0 aromatic carbocycles. The number of nitrogens with zero attached hydrogens (tertiary/aromatic N) is 1. The zero-order valence-electron chi connectivity index (χ0n) is 13.0. The Bertz CT molecular complexity index is 560. The number of halogens is 7. The number of hydrogen-bond donors (Lipinski definition) is 2. The molecule has 150 valence electrons. The van der Waals surface area contributed by atoms with E-state index in [-0.39, 0.29) is 0 Å². The van der Waals surface area contributed by atoms with Crippen LogP contribution in [0.2, 0.25) is 0 Å². The molecule has 2 unspecified atom stereocenters. The highest BCUT2D eigenvalue weighted by atomic mass is 32.2. The second-order valence-electron chi connectivity index (χ2n) is 5.59. The third-order valence-corrected chi connectivity index (χ3v) is 4.87. The lowest BCUT2D eigenvalue weighted by molar-refractivity contribution is -0.343. The fraction of sp³-hybridized carbons (Fsp3) is 0.909. The maximum Gasteiger partial charge on any atom is 0.431 e. The molecule has 6 nitrogen and oxygen atoms in total. The molecule has 0 rings (SSSR count). The van der Waals surface area contributed by atoms with E-state index in [1.54, 1.807) is 0 Å². The van der Waals surface area contributed by atoms with E-state index >= 15 is 0 Å². The minimum atomic E-state index is -6.35. The normalized spacial score (nSPS) is 16.8. The zero-order valence-corrected chi connectivity index (χ0v) is 13.8. The Morgan fingerprint density at radius 1 is 1.08 bits per heavy atom. The lowest BCUT2D eigenvalue weighted by Crippen LogP contribution is -2.54. The number of rotatable bonds is 8. The Morgan fingerprint density at radius 2 is 1.48 bits per heavy atom. The van der Waals surface area contributed by atoms with Crippen molar-refractivity contribution in [3.05, 3.63) is 0 Å². The van der Waals surface area contributed by atoms with Gasteiger partial charge in [-0.1, -0.05) is 0 Å². The summed E-state index contributed by atoms with van der Waals surface area (Å²) in [7, 11) is -2.91. The van der Waals surface area contributed by atoms with Crippen LogP contribution in [-0.4, -0.2) is 67.2 Å². The van der Waals surface area contributed by atoms with Crippen LogP contribution in [0.5, 0.6) is 0 Å². The molecular weight excluding hydrogens is 389 g/mol. The summed E-state index contributed by atoms with van der Waals surface area (Å²) >= 11 is 0. The molecule has 25 heavy (non-hydrogen) atoms. The van der Waals surface area contributed by atoms with Crippen molar-refractivity contribution in [3.63, 3.8) is 0 Å². The third-order valence-electron chi connectivity index (χ3n) is 3.56. The van der Waals surface area contributed by atoms with E-state index in [1.807, 2.05) is 0 Å². The van der Waals surface area contributed by atoms with Gasteiger partial charge in [-0.3, -0.25) is 9.35 Å². The van der Waals surface area contributed by atoms with Gasteiger partial charge >= 0.3 is 12.4 Å². The highest BCUT2D eigenvalue weighted by molar-refractivity contribution is 7.86. The van der Waals surface area contributed by atoms with Gasteiger partial charge in [0, 0.05) is 18.9 Å². The highest BCUT2D eigenvalue weighted by Crippen LogP contribution is 2.49. The van der Waals surface area contributed by atoms with E-state index in [1.165, 1.54) is 0 Å². The second-order valence-corrected chi connectivity index (χ2v) is 7.23. The van der Waals surface area contributed by atoms with Crippen LogP contribution in [0.15, 0.2) is 0 Å². The summed E-state index contributed by atoms with van der Waals surface area (Å²) in [4.78, 5) is 11.9. The van der Waals surface area contributed by atoms with Gasteiger partial charge in [-0.15, -0.1) is 0 Å². The average molecular weight is 406 g/mol. The molecule has 0 saturated heterocycles. The van der Waals surface area contributed by atoms with Gasteiger partial charge in [0.05, 0.1) is 0 Å². The molecule has 0 aromatic rings. The summed E-state index contributed by atoms with van der Waals surface area (Å²) in [5.74, 6) is -1.12. The van der Waals surface area contributed by atoms with Gasteiger partial charge in [-0.2, -0.15) is 34.8 Å². The number of carbonyl (C=O) groups is 1. The summed E-state index contributed by atoms with van der Waals surface area (Å²) in [5, 5.41) is -2.30. The van der Waals surface area contributed by atoms with E-state index in [4.69, 9.17) is 10.3 Å². The van der Waals surface area contributed by atoms with Crippen LogP contribution in [0.3, 0.4) is 0 Å². The number of nitrogens with two attached hydrogens (primary N) is 1. The molecule has 0 aliphatic carbocycles. The van der Waals surface area contributed by atoms with Crippen LogP contribution in [0.1, 0.15) is 19.3 Å². The van der Waals surface area contributed by atoms with E-state index in [2.05, 4.69) is 0 Å². The Morgan fingerprint density at radius 3 is 1.72 bits per heavy atom. The molecule has 0 bridgehead atoms. The summed E-state index contributed by atoms with van der Waals surface area (Å²) in [6.07, 6.45) is -17.4. The molecule has 0 heterocycles. The number of amides is 1. The largest absolute Gasteiger partial charge is 0.431 e. The van der Waals surface area contributed by atoms with Crippen molar-refractivity contribution in [1.29, 1.82) is 0 Å². The van der Waals surface area contributed by atoms with E-state index < -0.39 is 64.6 Å². The Labute approximate surface area is 138 Å². The topological polar surface area (TPSA) is 101 Å². The predicted octanol–water partition coefficient (Wildman–Crippen LogP) is 1.66. The standard InChI is InChI=1S/C11H17F7N2O4S/c1-20(2)6(5-8(19)21)7(25(22,23)24)3-4-9(12,10(13,14)15)11(16,17)18/h6-7H,3-5H2,1-2H3,(H2,19,21)(H,22,23,24). The molecule has 0 radical (unpaired) electrons. The van der Waals surface area contributed by atoms with Crippen molar-refractivity contribution in [2.75, 3.05) is 14.1 Å². The van der Waals surface area contributed by atoms with Gasteiger partial charge in [0.2, 0.25) is 5.91 Å². The summed E-state index contributed by atoms with van der Waals surface area (Å²) in [5.41, 5.74) is -0.818. The van der Waals surface area contributed by atoms with Crippen LogP contribution in [0.25, 0.3) is 0 Å². The minimum Gasteiger partial charge on any atom is -0.370 e. The second kappa shape index (κ2) is 7.61. The van der Waals surface area contributed by atoms with Crippen molar-refractivity contribution in [1.82, 2.24) is 4.90 Å². The van der Waals surface area contributed by atoms with Crippen molar-refractivity contribution >= 4 is 16.0 Å². The van der Waals surface area contributed by atoms with Crippen LogP contribution >= 0.6 is 0 Å². The number of carbonyl (C=O) groups excluding carboxylic acids is 1. The Balaban J connectivity index is 5.80. The monoisotopic (exact) mass is 406 g/mol. The highest BCUT2D eigenvalue weighted by Gasteiger charge is 2.72. The maximum atomic E-state index is 13.6. The van der Waals surface area contributed by atoms with Crippen molar-refractivity contribution < 1.29 is 48.5 Å². The first-order valence-electron chi connectivity index (χ1n) is 6.58. The fourth-order valence-corrected chi connectivity index (χ4v) is 3.33. The molecule has 2 atom stereocenters. The molecule has 0 aliphatic heterocycles. The Hall–Kier alpha value is -1.15. The fourth-order valence-electron chi connectivity index (χ4n) is 2.18. The van der Waals surface area contributed by atoms with Crippen LogP contribution in [0.4, 0.5) is 30.7 Å². The molecule has 0 saturated carbocycles. The van der Waals surface area contributed by atoms with Gasteiger partial charge in [0.25, 0.3) is 15.8 Å². The molecule has 0 spiro atoms. The van der Waals surface area contributed by atoms with Crippen LogP contribution < -0.4 is 5.73 Å². The molecular formula is C11H17F7N2O4S. The first-order chi connectivity index (χ1) is 10.8. The zero-order chi connectivity index (χ0) is 20.4. The molecule has 0 aliphatic rings. The first kappa shape index (κ1) is 23.8. The SMILES string of the molecule is CN(C)C(CC(N)=O)C(CCC(F)(C(F)(F)F)C(F)(F)F)S(=O)(=O)O. The quantitative estimate of drug-likeness (QED) is 0.472. The smallest absolute Gasteiger partial charge is 0.370 e. The molecule has 3 N–H and O–H groups in total. The van der Waals surface area contributed by atoms with E-state index in [9.17, 15) is 43.9 Å². The third kappa shape index (κ3) is 5.95. The molecule has 14 heteroatoms. The lowest BCUT2D eigenvalue weighted by Gasteiger charge is -2.33. The van der Waals surface area contributed by atoms with Crippen molar-refractivity contribution in [3.8, 4) is 0 Å². The number of alkyl halides is 7. The molecule has 0 aromatic heterocycles. The predicted molar refractivity (Wildman–Crippen MR) is 71.8 cm³/mol. The van der Waals surface area contributed by atoms with Gasteiger partial charge in [-0.25, -0.2) is 4.39 Å². The summed E-state index contributed by atoms with van der Waals surface area (Å²) in [6.45, 7) is 0.